The number of nitrogens with one attached hydrogen (secondary N) is 1. The maximum Gasteiger partial charge on any atom is 0.270 e. The number of hydrogen-bond acceptors (Lipinski definition) is 3. The normalized spacial score (nSPS) is 13.4. The van der Waals surface area contributed by atoms with E-state index in [2.05, 4.69) is 15.1 Å². The van der Waals surface area contributed by atoms with E-state index in [1.165, 1.54) is 12.1 Å². The Hall–Kier alpha value is -2.57. The van der Waals surface area contributed by atoms with Gasteiger partial charge in [-0.2, -0.15) is 5.10 Å². The van der Waals surface area contributed by atoms with Gasteiger partial charge in [0.05, 0.1) is 11.7 Å². The predicted octanol–water partition coefficient (Wildman–Crippen LogP) is 3.46. The van der Waals surface area contributed by atoms with Crippen molar-refractivity contribution in [1.82, 2.24) is 19.7 Å². The summed E-state index contributed by atoms with van der Waals surface area (Å²) in [6.45, 7) is 6.22. The van der Waals surface area contributed by atoms with Crippen LogP contribution in [-0.2, 0) is 5.92 Å². The van der Waals surface area contributed by atoms with Gasteiger partial charge in [0, 0.05) is 12.5 Å². The summed E-state index contributed by atoms with van der Waals surface area (Å²) in [7, 11) is 0. The first kappa shape index (κ1) is 16.3. The van der Waals surface area contributed by atoms with Crippen LogP contribution in [0, 0.1) is 13.8 Å². The fourth-order valence-corrected chi connectivity index (χ4v) is 2.79. The first-order valence-corrected chi connectivity index (χ1v) is 7.62. The third-order valence-electron chi connectivity index (χ3n) is 4.12. The molecular formula is C17H18F2N4O. The predicted molar refractivity (Wildman–Crippen MR) is 87.4 cm³/mol. The Morgan fingerprint density at radius 3 is 2.42 bits per heavy atom. The van der Waals surface area contributed by atoms with Gasteiger partial charge in [-0.25, -0.2) is 18.4 Å². The van der Waals surface area contributed by atoms with Crippen molar-refractivity contribution in [3.63, 3.8) is 0 Å². The van der Waals surface area contributed by atoms with E-state index in [9.17, 15) is 13.6 Å². The molecular weight excluding hydrogens is 314 g/mol. The molecule has 1 atom stereocenters. The minimum atomic E-state index is -2.87. The van der Waals surface area contributed by atoms with E-state index in [1.807, 2.05) is 6.92 Å². The van der Waals surface area contributed by atoms with Crippen molar-refractivity contribution in [3.8, 4) is 0 Å². The van der Waals surface area contributed by atoms with Crippen LogP contribution in [0.4, 0.5) is 8.78 Å². The van der Waals surface area contributed by atoms with Gasteiger partial charge in [-0.15, -0.1) is 0 Å². The highest BCUT2D eigenvalue weighted by Gasteiger charge is 2.24. The molecule has 3 rings (SSSR count). The topological polar surface area (TPSA) is 63.6 Å². The molecule has 1 unspecified atom stereocenters. The second-order valence-corrected chi connectivity index (χ2v) is 6.07. The largest absolute Gasteiger partial charge is 0.310 e. The van der Waals surface area contributed by atoms with Gasteiger partial charge in [0.2, 0.25) is 0 Å². The molecule has 0 aliphatic heterocycles. The van der Waals surface area contributed by atoms with Gasteiger partial charge in [0.15, 0.2) is 5.65 Å². The summed E-state index contributed by atoms with van der Waals surface area (Å²) in [4.78, 5) is 19.2. The Morgan fingerprint density at radius 1 is 1.21 bits per heavy atom. The van der Waals surface area contributed by atoms with Crippen molar-refractivity contribution >= 4 is 11.0 Å². The second kappa shape index (κ2) is 5.51. The fraction of sp³-hybridized carbons (Fsp3) is 0.353. The molecule has 1 aromatic carbocycles. The van der Waals surface area contributed by atoms with E-state index in [4.69, 9.17) is 0 Å². The average Bonchev–Trinajstić information content (AvgIpc) is 2.82. The monoisotopic (exact) mass is 332 g/mol. The van der Waals surface area contributed by atoms with Crippen LogP contribution in [0.1, 0.15) is 42.5 Å². The summed E-state index contributed by atoms with van der Waals surface area (Å²) in [6.07, 6.45) is 0. The van der Waals surface area contributed by atoms with Crippen LogP contribution in [0.2, 0.25) is 0 Å². The number of H-pyrrole nitrogens is 1. The van der Waals surface area contributed by atoms with Gasteiger partial charge in [-0.1, -0.05) is 24.3 Å². The molecule has 3 aromatic rings. The lowest BCUT2D eigenvalue weighted by Crippen LogP contribution is -2.14. The van der Waals surface area contributed by atoms with Gasteiger partial charge in [-0.05, 0) is 26.3 Å². The fourth-order valence-electron chi connectivity index (χ4n) is 2.79. The molecule has 126 valence electrons. The number of hydrogen-bond donors (Lipinski definition) is 1. The number of rotatable bonds is 3. The molecule has 24 heavy (non-hydrogen) atoms. The molecule has 0 fully saturated rings. The lowest BCUT2D eigenvalue weighted by atomic mass is 10.0. The molecule has 0 spiro atoms. The zero-order valence-corrected chi connectivity index (χ0v) is 13.9. The number of nitrogens with zero attached hydrogens (tertiary/aromatic N) is 3. The Morgan fingerprint density at radius 2 is 1.83 bits per heavy atom. The van der Waals surface area contributed by atoms with E-state index in [0.717, 1.165) is 12.5 Å². The van der Waals surface area contributed by atoms with Crippen molar-refractivity contribution in [1.29, 1.82) is 0 Å². The van der Waals surface area contributed by atoms with Crippen LogP contribution >= 0.6 is 0 Å². The van der Waals surface area contributed by atoms with Crippen LogP contribution in [0.3, 0.4) is 0 Å². The molecule has 0 aliphatic carbocycles. The van der Waals surface area contributed by atoms with Crippen LogP contribution in [0.5, 0.6) is 0 Å². The highest BCUT2D eigenvalue weighted by atomic mass is 19.3. The third kappa shape index (κ3) is 2.70. The molecule has 5 nitrogen and oxygen atoms in total. The lowest BCUT2D eigenvalue weighted by Gasteiger charge is -2.16. The van der Waals surface area contributed by atoms with Crippen molar-refractivity contribution in [2.24, 2.45) is 0 Å². The van der Waals surface area contributed by atoms with Crippen molar-refractivity contribution < 1.29 is 8.78 Å². The van der Waals surface area contributed by atoms with E-state index >= 15 is 0 Å². The standard InChI is InChI=1S/C17H18F2N4O/c1-9-14-15(20-11(3)21-16(14)24)23(22-9)10(2)12-5-7-13(8-6-12)17(4,18)19/h5-8,10H,1-4H3,(H,20,21,24). The molecule has 7 heteroatoms. The highest BCUT2D eigenvalue weighted by Crippen LogP contribution is 2.29. The summed E-state index contributed by atoms with van der Waals surface area (Å²) in [5, 5.41) is 4.87. The van der Waals surface area contributed by atoms with E-state index in [0.29, 0.717) is 22.6 Å². The van der Waals surface area contributed by atoms with E-state index in [1.54, 1.807) is 30.7 Å². The number of aromatic nitrogens is 4. The van der Waals surface area contributed by atoms with Gasteiger partial charge in [-0.3, -0.25) is 4.79 Å². The Balaban J connectivity index is 2.09. The van der Waals surface area contributed by atoms with Crippen molar-refractivity contribution in [2.75, 3.05) is 0 Å². The van der Waals surface area contributed by atoms with Crippen LogP contribution in [-0.4, -0.2) is 19.7 Å². The van der Waals surface area contributed by atoms with E-state index in [-0.39, 0.29) is 17.2 Å². The number of fused-ring (bicyclic) bond motifs is 1. The third-order valence-corrected chi connectivity index (χ3v) is 4.12. The minimum Gasteiger partial charge on any atom is -0.310 e. The molecule has 0 radical (unpaired) electrons. The van der Waals surface area contributed by atoms with Crippen LogP contribution in [0.15, 0.2) is 29.1 Å². The van der Waals surface area contributed by atoms with E-state index < -0.39 is 5.92 Å². The SMILES string of the molecule is Cc1nc2c(c(C)nn2C(C)c2ccc(C(C)(F)F)cc2)c(=O)[nH]1. The highest BCUT2D eigenvalue weighted by molar-refractivity contribution is 5.77. The summed E-state index contributed by atoms with van der Waals surface area (Å²) in [6, 6.07) is 5.89. The molecule has 0 bridgehead atoms. The second-order valence-electron chi connectivity index (χ2n) is 6.07. The molecule has 0 saturated carbocycles. The lowest BCUT2D eigenvalue weighted by molar-refractivity contribution is 0.0174. The first-order chi connectivity index (χ1) is 11.2. The number of aromatic amines is 1. The maximum absolute atomic E-state index is 13.3. The van der Waals surface area contributed by atoms with Gasteiger partial charge in [0.25, 0.3) is 11.5 Å². The number of benzene rings is 1. The average molecular weight is 332 g/mol. The smallest absolute Gasteiger partial charge is 0.270 e. The Kier molecular flexibility index (Phi) is 3.74. The van der Waals surface area contributed by atoms with Crippen LogP contribution in [0.25, 0.3) is 11.0 Å². The summed E-state index contributed by atoms with van der Waals surface area (Å²) in [5.41, 5.74) is 1.63. The minimum absolute atomic E-state index is 0.0367. The van der Waals surface area contributed by atoms with Gasteiger partial charge in [0.1, 0.15) is 11.2 Å². The number of aryl methyl sites for hydroxylation is 2. The molecule has 2 aromatic heterocycles. The Labute approximate surface area is 137 Å². The summed E-state index contributed by atoms with van der Waals surface area (Å²) >= 11 is 0. The molecule has 2 heterocycles. The number of halogens is 2. The van der Waals surface area contributed by atoms with Crippen LogP contribution < -0.4 is 5.56 Å². The maximum atomic E-state index is 13.3. The molecule has 1 N–H and O–H groups in total. The molecule has 0 aliphatic rings. The number of alkyl halides is 2. The Bertz CT molecular complexity index is 952. The van der Waals surface area contributed by atoms with Crippen molar-refractivity contribution in [3.05, 3.63) is 57.3 Å². The van der Waals surface area contributed by atoms with Gasteiger partial charge < -0.3 is 4.98 Å². The molecule has 0 saturated heterocycles. The molecule has 0 amide bonds. The zero-order chi connectivity index (χ0) is 17.6. The quantitative estimate of drug-likeness (QED) is 0.799. The zero-order valence-electron chi connectivity index (χ0n) is 13.9. The first-order valence-electron chi connectivity index (χ1n) is 7.62. The summed E-state index contributed by atoms with van der Waals surface area (Å²) < 4.78 is 28.3. The summed E-state index contributed by atoms with van der Waals surface area (Å²) in [5.74, 6) is -2.37. The van der Waals surface area contributed by atoms with Crippen molar-refractivity contribution in [2.45, 2.75) is 39.7 Å². The van der Waals surface area contributed by atoms with Gasteiger partial charge >= 0.3 is 0 Å².